The van der Waals surface area contributed by atoms with Gasteiger partial charge in [0.2, 0.25) is 0 Å². The monoisotopic (exact) mass is 387 g/mol. The number of carbonyl (C=O) groups is 2. The molecule has 1 atom stereocenters. The largest absolute Gasteiger partial charge is 0.348 e. The second kappa shape index (κ2) is 7.87. The number of pyridine rings is 1. The summed E-state index contributed by atoms with van der Waals surface area (Å²) in [5.41, 5.74) is 1.29. The number of sulfone groups is 1. The van der Waals surface area contributed by atoms with Gasteiger partial charge in [-0.3, -0.25) is 14.6 Å². The van der Waals surface area contributed by atoms with E-state index in [1.54, 1.807) is 4.90 Å². The predicted octanol–water partition coefficient (Wildman–Crippen LogP) is 1.67. The van der Waals surface area contributed by atoms with Crippen molar-refractivity contribution in [3.8, 4) is 0 Å². The normalized spacial score (nSPS) is 18.0. The Balaban J connectivity index is 1.76. The summed E-state index contributed by atoms with van der Waals surface area (Å²) in [5.74, 6) is -0.657. The van der Waals surface area contributed by atoms with E-state index in [0.717, 1.165) is 5.69 Å². The van der Waals surface area contributed by atoms with Crippen LogP contribution in [0.3, 0.4) is 0 Å². The van der Waals surface area contributed by atoms with Gasteiger partial charge >= 0.3 is 0 Å². The van der Waals surface area contributed by atoms with E-state index in [9.17, 15) is 18.0 Å². The summed E-state index contributed by atoms with van der Waals surface area (Å²) in [5, 5.41) is 2.71. The fraction of sp³-hybridized carbons (Fsp3) is 0.316. The molecule has 0 saturated carbocycles. The van der Waals surface area contributed by atoms with Crippen LogP contribution < -0.4 is 10.2 Å². The van der Waals surface area contributed by atoms with E-state index in [1.807, 2.05) is 37.3 Å². The number of rotatable bonds is 5. The number of hydrogen-bond donors (Lipinski definition) is 1. The van der Waals surface area contributed by atoms with Crippen molar-refractivity contribution in [1.29, 1.82) is 0 Å². The van der Waals surface area contributed by atoms with Crippen LogP contribution in [0.5, 0.6) is 0 Å². The van der Waals surface area contributed by atoms with Crippen molar-refractivity contribution in [3.63, 3.8) is 0 Å². The van der Waals surface area contributed by atoms with Crippen LogP contribution in [0.15, 0.2) is 48.8 Å². The van der Waals surface area contributed by atoms with Gasteiger partial charge in [0.1, 0.15) is 0 Å². The smallest absolute Gasteiger partial charge is 0.259 e. The molecule has 2 aromatic rings. The van der Waals surface area contributed by atoms with Crippen LogP contribution in [-0.2, 0) is 9.84 Å². The Morgan fingerprint density at radius 3 is 2.52 bits per heavy atom. The quantitative estimate of drug-likeness (QED) is 0.842. The second-order valence-electron chi connectivity index (χ2n) is 6.42. The number of hydrogen-bond acceptors (Lipinski definition) is 5. The highest BCUT2D eigenvalue weighted by Gasteiger charge is 2.29. The van der Waals surface area contributed by atoms with Gasteiger partial charge in [-0.2, -0.15) is 0 Å². The third kappa shape index (κ3) is 4.51. The van der Waals surface area contributed by atoms with Crippen LogP contribution in [-0.4, -0.2) is 49.3 Å². The third-order valence-electron chi connectivity index (χ3n) is 4.44. The molecule has 1 fully saturated rings. The van der Waals surface area contributed by atoms with E-state index in [1.165, 1.54) is 18.5 Å². The van der Waals surface area contributed by atoms with Crippen LogP contribution in [0.2, 0.25) is 0 Å². The molecule has 1 aliphatic rings. The predicted molar refractivity (Wildman–Crippen MR) is 103 cm³/mol. The molecule has 2 amide bonds. The van der Waals surface area contributed by atoms with Crippen LogP contribution in [0, 0.1) is 0 Å². The molecule has 1 aromatic heterocycles. The average molecular weight is 387 g/mol. The lowest BCUT2D eigenvalue weighted by molar-refractivity contribution is 0.0940. The molecular formula is C19H21N3O4S. The van der Waals surface area contributed by atoms with Crippen molar-refractivity contribution in [2.75, 3.05) is 23.0 Å². The van der Waals surface area contributed by atoms with E-state index in [0.29, 0.717) is 18.5 Å². The highest BCUT2D eigenvalue weighted by atomic mass is 32.2. The van der Waals surface area contributed by atoms with Gasteiger partial charge < -0.3 is 10.2 Å². The van der Waals surface area contributed by atoms with Crippen LogP contribution in [0.4, 0.5) is 5.69 Å². The first-order valence-electron chi connectivity index (χ1n) is 8.73. The average Bonchev–Trinajstić information content (AvgIpc) is 3.01. The van der Waals surface area contributed by atoms with Crippen LogP contribution >= 0.6 is 0 Å². The zero-order chi connectivity index (χ0) is 19.4. The Morgan fingerprint density at radius 1 is 1.19 bits per heavy atom. The summed E-state index contributed by atoms with van der Waals surface area (Å²) in [4.78, 5) is 30.9. The Labute approximate surface area is 158 Å². The number of amides is 2. The van der Waals surface area contributed by atoms with E-state index >= 15 is 0 Å². The van der Waals surface area contributed by atoms with Gasteiger partial charge in [0.05, 0.1) is 22.6 Å². The molecule has 0 bridgehead atoms. The third-order valence-corrected chi connectivity index (χ3v) is 6.21. The zero-order valence-corrected chi connectivity index (χ0v) is 15.8. The number of anilines is 1. The molecule has 1 saturated heterocycles. The van der Waals surface area contributed by atoms with Gasteiger partial charge in [-0.25, -0.2) is 8.42 Å². The fourth-order valence-corrected chi connectivity index (χ4v) is 4.74. The first kappa shape index (κ1) is 19.0. The molecule has 27 heavy (non-hydrogen) atoms. The molecule has 7 nitrogen and oxygen atoms in total. The SMILES string of the molecule is CCN(C(=O)c1cncc(C(=O)NC2CCS(=O)(=O)C2)c1)c1ccccc1. The fourth-order valence-electron chi connectivity index (χ4n) is 3.07. The number of benzene rings is 1. The van der Waals surface area contributed by atoms with Crippen molar-refractivity contribution >= 4 is 27.3 Å². The van der Waals surface area contributed by atoms with Gasteiger partial charge in [0.25, 0.3) is 11.8 Å². The Bertz CT molecular complexity index is 944. The Hall–Kier alpha value is -2.74. The van der Waals surface area contributed by atoms with Gasteiger partial charge in [0.15, 0.2) is 9.84 Å². The molecule has 0 aliphatic carbocycles. The molecule has 1 unspecified atom stereocenters. The topological polar surface area (TPSA) is 96.4 Å². The first-order chi connectivity index (χ1) is 12.9. The summed E-state index contributed by atoms with van der Waals surface area (Å²) in [6, 6.07) is 10.3. The van der Waals surface area contributed by atoms with E-state index in [-0.39, 0.29) is 23.0 Å². The lowest BCUT2D eigenvalue weighted by atomic mass is 10.1. The first-order valence-corrected chi connectivity index (χ1v) is 10.5. The molecule has 2 heterocycles. The molecule has 3 rings (SSSR count). The van der Waals surface area contributed by atoms with Crippen molar-refractivity contribution < 1.29 is 18.0 Å². The molecular weight excluding hydrogens is 366 g/mol. The standard InChI is InChI=1S/C19H21N3O4S/c1-2-22(17-6-4-3-5-7-17)19(24)15-10-14(11-20-12-15)18(23)21-16-8-9-27(25,26)13-16/h3-7,10-12,16H,2,8-9,13H2,1H3,(H,21,23). The van der Waals surface area contributed by atoms with Crippen LogP contribution in [0.25, 0.3) is 0 Å². The summed E-state index contributed by atoms with van der Waals surface area (Å²) in [6.07, 6.45) is 3.19. The van der Waals surface area contributed by atoms with Gasteiger partial charge in [0, 0.05) is 30.7 Å². The van der Waals surface area contributed by atoms with E-state index in [4.69, 9.17) is 0 Å². The molecule has 1 aromatic carbocycles. The number of nitrogens with zero attached hydrogens (tertiary/aromatic N) is 2. The number of carbonyl (C=O) groups excluding carboxylic acids is 2. The highest BCUT2D eigenvalue weighted by molar-refractivity contribution is 7.91. The molecule has 8 heteroatoms. The van der Waals surface area contributed by atoms with E-state index < -0.39 is 21.8 Å². The second-order valence-corrected chi connectivity index (χ2v) is 8.65. The minimum Gasteiger partial charge on any atom is -0.348 e. The molecule has 142 valence electrons. The molecule has 0 spiro atoms. The number of para-hydroxylation sites is 1. The van der Waals surface area contributed by atoms with Crippen molar-refractivity contribution in [3.05, 3.63) is 59.9 Å². The minimum absolute atomic E-state index is 0.0532. The lowest BCUT2D eigenvalue weighted by Gasteiger charge is -2.21. The summed E-state index contributed by atoms with van der Waals surface area (Å²) < 4.78 is 23.1. The van der Waals surface area contributed by atoms with E-state index in [2.05, 4.69) is 10.3 Å². The summed E-state index contributed by atoms with van der Waals surface area (Å²) in [7, 11) is -3.08. The van der Waals surface area contributed by atoms with Gasteiger partial charge in [-0.1, -0.05) is 18.2 Å². The zero-order valence-electron chi connectivity index (χ0n) is 15.0. The summed E-state index contributed by atoms with van der Waals surface area (Å²) >= 11 is 0. The maximum atomic E-state index is 12.9. The lowest BCUT2D eigenvalue weighted by Crippen LogP contribution is -2.36. The summed E-state index contributed by atoms with van der Waals surface area (Å²) in [6.45, 7) is 2.34. The van der Waals surface area contributed by atoms with Crippen molar-refractivity contribution in [2.24, 2.45) is 0 Å². The maximum absolute atomic E-state index is 12.9. The number of aromatic nitrogens is 1. The van der Waals surface area contributed by atoms with Crippen molar-refractivity contribution in [1.82, 2.24) is 10.3 Å². The van der Waals surface area contributed by atoms with Gasteiger partial charge in [-0.15, -0.1) is 0 Å². The van der Waals surface area contributed by atoms with Gasteiger partial charge in [-0.05, 0) is 31.5 Å². The van der Waals surface area contributed by atoms with Crippen LogP contribution in [0.1, 0.15) is 34.1 Å². The molecule has 1 N–H and O–H groups in total. The Kier molecular flexibility index (Phi) is 5.55. The maximum Gasteiger partial charge on any atom is 0.259 e. The minimum atomic E-state index is -3.08. The van der Waals surface area contributed by atoms with Crippen molar-refractivity contribution in [2.45, 2.75) is 19.4 Å². The highest BCUT2D eigenvalue weighted by Crippen LogP contribution is 2.17. The Morgan fingerprint density at radius 2 is 1.89 bits per heavy atom. The molecule has 1 aliphatic heterocycles. The number of nitrogens with one attached hydrogen (secondary N) is 1. The molecule has 0 radical (unpaired) electrons.